The lowest BCUT2D eigenvalue weighted by molar-refractivity contribution is 0.0466. The third-order valence-corrected chi connectivity index (χ3v) is 4.53. The van der Waals surface area contributed by atoms with Gasteiger partial charge < -0.3 is 15.3 Å². The second-order valence-corrected chi connectivity index (χ2v) is 6.33. The molecule has 2 N–H and O–H groups in total. The van der Waals surface area contributed by atoms with Gasteiger partial charge in [-0.05, 0) is 56.2 Å². The summed E-state index contributed by atoms with van der Waals surface area (Å²) >= 11 is 0. The zero-order valence-corrected chi connectivity index (χ0v) is 13.9. The number of aliphatic hydroxyl groups is 1. The number of benzene rings is 1. The summed E-state index contributed by atoms with van der Waals surface area (Å²) in [6.07, 6.45) is 5.02. The first-order valence-electron chi connectivity index (χ1n) is 8.38. The summed E-state index contributed by atoms with van der Waals surface area (Å²) in [6, 6.07) is 11.3. The second kappa shape index (κ2) is 7.45. The Hall–Kier alpha value is -2.40. The standard InChI is InChI=1S/C19H23N3O2/c1-14(23)16-3-2-12-22(13-16)19(24)15-4-6-17(7-5-15)21-18-8-10-20-11-9-18/h4-11,14,16,23H,2-3,12-13H2,1H3,(H,20,21). The first-order chi connectivity index (χ1) is 11.6. The molecule has 2 unspecified atom stereocenters. The minimum atomic E-state index is -0.368. The number of hydrogen-bond donors (Lipinski definition) is 2. The fourth-order valence-electron chi connectivity index (χ4n) is 3.07. The Labute approximate surface area is 142 Å². The molecule has 1 amide bonds. The van der Waals surface area contributed by atoms with E-state index in [-0.39, 0.29) is 17.9 Å². The van der Waals surface area contributed by atoms with Crippen molar-refractivity contribution in [2.24, 2.45) is 5.92 Å². The summed E-state index contributed by atoms with van der Waals surface area (Å²) in [6.45, 7) is 3.20. The van der Waals surface area contributed by atoms with E-state index in [4.69, 9.17) is 0 Å². The van der Waals surface area contributed by atoms with Crippen molar-refractivity contribution in [1.82, 2.24) is 9.88 Å². The molecule has 3 rings (SSSR count). The van der Waals surface area contributed by atoms with Gasteiger partial charge in [-0.2, -0.15) is 0 Å². The fraction of sp³-hybridized carbons (Fsp3) is 0.368. The lowest BCUT2D eigenvalue weighted by Gasteiger charge is -2.34. The minimum absolute atomic E-state index is 0.0378. The number of anilines is 2. The largest absolute Gasteiger partial charge is 0.393 e. The number of nitrogens with one attached hydrogen (secondary N) is 1. The molecule has 5 heteroatoms. The predicted octanol–water partition coefficient (Wildman–Crippen LogP) is 3.06. The van der Waals surface area contributed by atoms with Crippen LogP contribution in [0.4, 0.5) is 11.4 Å². The Balaban J connectivity index is 1.65. The van der Waals surface area contributed by atoms with E-state index in [0.717, 1.165) is 30.8 Å². The lowest BCUT2D eigenvalue weighted by atomic mass is 9.93. The molecule has 1 aromatic heterocycles. The van der Waals surface area contributed by atoms with E-state index < -0.39 is 0 Å². The Morgan fingerprint density at radius 3 is 2.54 bits per heavy atom. The Morgan fingerprint density at radius 1 is 1.21 bits per heavy atom. The molecule has 1 aliphatic rings. The Morgan fingerprint density at radius 2 is 1.88 bits per heavy atom. The number of carbonyl (C=O) groups excluding carboxylic acids is 1. The smallest absolute Gasteiger partial charge is 0.253 e. The van der Waals surface area contributed by atoms with Crippen LogP contribution < -0.4 is 5.32 Å². The van der Waals surface area contributed by atoms with E-state index in [9.17, 15) is 9.90 Å². The third-order valence-electron chi connectivity index (χ3n) is 4.53. The van der Waals surface area contributed by atoms with Crippen LogP contribution in [0.3, 0.4) is 0 Å². The maximum absolute atomic E-state index is 12.7. The van der Waals surface area contributed by atoms with Gasteiger partial charge in [-0.3, -0.25) is 9.78 Å². The van der Waals surface area contributed by atoms with Crippen molar-refractivity contribution >= 4 is 17.3 Å². The zero-order chi connectivity index (χ0) is 16.9. The molecule has 0 saturated carbocycles. The van der Waals surface area contributed by atoms with Crippen LogP contribution in [0.15, 0.2) is 48.8 Å². The summed E-state index contributed by atoms with van der Waals surface area (Å²) in [7, 11) is 0. The van der Waals surface area contributed by atoms with Gasteiger partial charge in [0.2, 0.25) is 0 Å². The van der Waals surface area contributed by atoms with Crippen molar-refractivity contribution < 1.29 is 9.90 Å². The first-order valence-corrected chi connectivity index (χ1v) is 8.38. The lowest BCUT2D eigenvalue weighted by Crippen LogP contribution is -2.42. The van der Waals surface area contributed by atoms with E-state index in [1.807, 2.05) is 41.3 Å². The van der Waals surface area contributed by atoms with Crippen LogP contribution in [0.25, 0.3) is 0 Å². The normalized spacial score (nSPS) is 18.9. The van der Waals surface area contributed by atoms with E-state index >= 15 is 0 Å². The molecule has 2 aromatic rings. The number of rotatable bonds is 4. The van der Waals surface area contributed by atoms with Crippen LogP contribution in [0.5, 0.6) is 0 Å². The topological polar surface area (TPSA) is 65.5 Å². The summed E-state index contributed by atoms with van der Waals surface area (Å²) in [5.41, 5.74) is 2.57. The fourth-order valence-corrected chi connectivity index (χ4v) is 3.07. The van der Waals surface area contributed by atoms with Crippen molar-refractivity contribution in [3.8, 4) is 0 Å². The highest BCUT2D eigenvalue weighted by Gasteiger charge is 2.26. The molecule has 0 bridgehead atoms. The second-order valence-electron chi connectivity index (χ2n) is 6.33. The van der Waals surface area contributed by atoms with E-state index in [1.165, 1.54) is 0 Å². The number of pyridine rings is 1. The van der Waals surface area contributed by atoms with E-state index in [2.05, 4.69) is 10.3 Å². The number of carbonyl (C=O) groups is 1. The van der Waals surface area contributed by atoms with Gasteiger partial charge in [0, 0.05) is 48.3 Å². The van der Waals surface area contributed by atoms with Crippen LogP contribution in [0.2, 0.25) is 0 Å². The van der Waals surface area contributed by atoms with Crippen LogP contribution in [0.1, 0.15) is 30.1 Å². The maximum atomic E-state index is 12.7. The highest BCUT2D eigenvalue weighted by molar-refractivity contribution is 5.94. The highest BCUT2D eigenvalue weighted by atomic mass is 16.3. The number of nitrogens with zero attached hydrogens (tertiary/aromatic N) is 2. The van der Waals surface area contributed by atoms with E-state index in [0.29, 0.717) is 12.1 Å². The van der Waals surface area contributed by atoms with Gasteiger partial charge in [-0.25, -0.2) is 0 Å². The summed E-state index contributed by atoms with van der Waals surface area (Å²) in [5, 5.41) is 13.0. The molecule has 0 aliphatic carbocycles. The number of aromatic nitrogens is 1. The van der Waals surface area contributed by atoms with Crippen LogP contribution in [-0.4, -0.2) is 40.1 Å². The van der Waals surface area contributed by atoms with Crippen molar-refractivity contribution in [2.75, 3.05) is 18.4 Å². The molecular formula is C19H23N3O2. The number of piperidine rings is 1. The first kappa shape index (κ1) is 16.5. The van der Waals surface area contributed by atoms with Crippen molar-refractivity contribution in [3.05, 3.63) is 54.4 Å². The van der Waals surface area contributed by atoms with Crippen molar-refractivity contribution in [3.63, 3.8) is 0 Å². The van der Waals surface area contributed by atoms with Gasteiger partial charge in [0.25, 0.3) is 5.91 Å². The average molecular weight is 325 g/mol. The summed E-state index contributed by atoms with van der Waals surface area (Å²) in [4.78, 5) is 18.5. The number of aliphatic hydroxyl groups excluding tert-OH is 1. The van der Waals surface area contributed by atoms with Gasteiger partial charge in [0.15, 0.2) is 0 Å². The SMILES string of the molecule is CC(O)C1CCCN(C(=O)c2ccc(Nc3ccncc3)cc2)C1. The van der Waals surface area contributed by atoms with Gasteiger partial charge >= 0.3 is 0 Å². The Bertz CT molecular complexity index is 671. The van der Waals surface area contributed by atoms with Crippen LogP contribution >= 0.6 is 0 Å². The van der Waals surface area contributed by atoms with Crippen molar-refractivity contribution in [1.29, 1.82) is 0 Å². The Kier molecular flexibility index (Phi) is 5.11. The molecule has 5 nitrogen and oxygen atoms in total. The van der Waals surface area contributed by atoms with Crippen LogP contribution in [0, 0.1) is 5.92 Å². The monoisotopic (exact) mass is 325 g/mol. The molecule has 1 saturated heterocycles. The molecule has 0 radical (unpaired) electrons. The quantitative estimate of drug-likeness (QED) is 0.907. The number of amides is 1. The van der Waals surface area contributed by atoms with Crippen LogP contribution in [-0.2, 0) is 0 Å². The molecule has 1 fully saturated rings. The maximum Gasteiger partial charge on any atom is 0.253 e. The molecule has 24 heavy (non-hydrogen) atoms. The number of hydrogen-bond acceptors (Lipinski definition) is 4. The number of likely N-dealkylation sites (tertiary alicyclic amines) is 1. The third kappa shape index (κ3) is 3.92. The summed E-state index contributed by atoms with van der Waals surface area (Å²) in [5.74, 6) is 0.214. The highest BCUT2D eigenvalue weighted by Crippen LogP contribution is 2.22. The predicted molar refractivity (Wildman–Crippen MR) is 94.3 cm³/mol. The van der Waals surface area contributed by atoms with Gasteiger partial charge in [-0.15, -0.1) is 0 Å². The minimum Gasteiger partial charge on any atom is -0.393 e. The van der Waals surface area contributed by atoms with E-state index in [1.54, 1.807) is 19.3 Å². The van der Waals surface area contributed by atoms with Gasteiger partial charge in [0.05, 0.1) is 6.10 Å². The van der Waals surface area contributed by atoms with Crippen molar-refractivity contribution in [2.45, 2.75) is 25.9 Å². The molecule has 2 atom stereocenters. The summed E-state index contributed by atoms with van der Waals surface area (Å²) < 4.78 is 0. The average Bonchev–Trinajstić information content (AvgIpc) is 2.63. The molecule has 1 aliphatic heterocycles. The molecular weight excluding hydrogens is 302 g/mol. The molecule has 1 aromatic carbocycles. The molecule has 126 valence electrons. The molecule has 0 spiro atoms. The molecule has 2 heterocycles. The zero-order valence-electron chi connectivity index (χ0n) is 13.9. The van der Waals surface area contributed by atoms with Gasteiger partial charge in [0.1, 0.15) is 0 Å². The van der Waals surface area contributed by atoms with Gasteiger partial charge in [-0.1, -0.05) is 0 Å².